The number of imide groups is 1. The van der Waals surface area contributed by atoms with Crippen LogP contribution < -0.4 is 9.64 Å². The average molecular weight is 405 g/mol. The lowest BCUT2D eigenvalue weighted by Crippen LogP contribution is -2.38. The first kappa shape index (κ1) is 20.2. The second-order valence-electron chi connectivity index (χ2n) is 8.36. The molecule has 2 aliphatic rings. The molecular formula is C25H28N2O3. The molecular weight excluding hydrogens is 376 g/mol. The van der Waals surface area contributed by atoms with Gasteiger partial charge in [-0.1, -0.05) is 30.7 Å². The Morgan fingerprint density at radius 1 is 0.933 bits per heavy atom. The molecule has 0 saturated carbocycles. The van der Waals surface area contributed by atoms with E-state index in [4.69, 9.17) is 4.74 Å². The van der Waals surface area contributed by atoms with Crippen LogP contribution in [0, 0.1) is 19.8 Å². The van der Waals surface area contributed by atoms with Crippen LogP contribution in [0.1, 0.15) is 36.5 Å². The van der Waals surface area contributed by atoms with Crippen molar-refractivity contribution in [3.63, 3.8) is 0 Å². The maximum Gasteiger partial charge on any atom is 0.282 e. The van der Waals surface area contributed by atoms with Gasteiger partial charge in [-0.2, -0.15) is 0 Å². The Morgan fingerprint density at radius 2 is 1.60 bits per heavy atom. The summed E-state index contributed by atoms with van der Waals surface area (Å²) in [5.41, 5.74) is 4.59. The zero-order valence-corrected chi connectivity index (χ0v) is 18.1. The van der Waals surface area contributed by atoms with Gasteiger partial charge in [-0.15, -0.1) is 0 Å². The molecule has 1 saturated heterocycles. The predicted octanol–water partition coefficient (Wildman–Crippen LogP) is 4.33. The summed E-state index contributed by atoms with van der Waals surface area (Å²) in [4.78, 5) is 30.6. The third-order valence-corrected chi connectivity index (χ3v) is 6.14. The van der Waals surface area contributed by atoms with E-state index in [-0.39, 0.29) is 11.8 Å². The molecule has 2 aromatic carbocycles. The molecule has 156 valence electrons. The van der Waals surface area contributed by atoms with Crippen LogP contribution in [0.15, 0.2) is 48.2 Å². The Kier molecular flexibility index (Phi) is 5.37. The molecule has 0 radical (unpaired) electrons. The normalized spacial score (nSPS) is 17.9. The molecule has 30 heavy (non-hydrogen) atoms. The van der Waals surface area contributed by atoms with Crippen molar-refractivity contribution >= 4 is 23.1 Å². The highest BCUT2D eigenvalue weighted by Crippen LogP contribution is 2.37. The lowest BCUT2D eigenvalue weighted by Gasteiger charge is -2.32. The SMILES string of the molecule is COc1ccc(N2C(=O)C(c3ccc(C)cc3C)=C(N3CCC(C)CC3)C2=O)cc1. The number of hydrogen-bond donors (Lipinski definition) is 0. The highest BCUT2D eigenvalue weighted by molar-refractivity contribution is 6.45. The number of piperidine rings is 1. The van der Waals surface area contributed by atoms with Crippen LogP contribution in [0.5, 0.6) is 5.75 Å². The number of aryl methyl sites for hydroxylation is 2. The second-order valence-corrected chi connectivity index (χ2v) is 8.36. The van der Waals surface area contributed by atoms with Crippen LogP contribution in [-0.4, -0.2) is 36.9 Å². The lowest BCUT2D eigenvalue weighted by atomic mass is 9.95. The van der Waals surface area contributed by atoms with Crippen LogP contribution in [0.2, 0.25) is 0 Å². The number of carbonyl (C=O) groups is 2. The van der Waals surface area contributed by atoms with E-state index in [2.05, 4.69) is 17.9 Å². The molecule has 0 N–H and O–H groups in total. The van der Waals surface area contributed by atoms with Gasteiger partial charge in [0, 0.05) is 13.1 Å². The Bertz CT molecular complexity index is 1020. The summed E-state index contributed by atoms with van der Waals surface area (Å²) >= 11 is 0. The Labute approximate surface area is 177 Å². The molecule has 5 nitrogen and oxygen atoms in total. The Balaban J connectivity index is 1.81. The zero-order valence-electron chi connectivity index (χ0n) is 18.1. The number of methoxy groups -OCH3 is 1. The van der Waals surface area contributed by atoms with E-state index in [1.807, 2.05) is 26.0 Å². The Hall–Kier alpha value is -3.08. The summed E-state index contributed by atoms with van der Waals surface area (Å²) in [5.74, 6) is 0.822. The fourth-order valence-electron chi connectivity index (χ4n) is 4.35. The molecule has 5 heteroatoms. The summed E-state index contributed by atoms with van der Waals surface area (Å²) < 4.78 is 5.22. The number of hydrogen-bond acceptors (Lipinski definition) is 4. The van der Waals surface area contributed by atoms with Crippen molar-refractivity contribution in [2.75, 3.05) is 25.1 Å². The number of nitrogens with zero attached hydrogens (tertiary/aromatic N) is 2. The Morgan fingerprint density at radius 3 is 2.20 bits per heavy atom. The van der Waals surface area contributed by atoms with Gasteiger partial charge in [0.15, 0.2) is 0 Å². The van der Waals surface area contributed by atoms with Gasteiger partial charge in [0.2, 0.25) is 0 Å². The van der Waals surface area contributed by atoms with Crippen LogP contribution in [0.3, 0.4) is 0 Å². The first-order valence-electron chi connectivity index (χ1n) is 10.5. The van der Waals surface area contributed by atoms with Gasteiger partial charge in [-0.25, -0.2) is 4.90 Å². The number of ether oxygens (including phenoxy) is 1. The molecule has 0 aromatic heterocycles. The van der Waals surface area contributed by atoms with Crippen LogP contribution >= 0.6 is 0 Å². The maximum atomic E-state index is 13.6. The van der Waals surface area contributed by atoms with Crippen molar-refractivity contribution in [2.45, 2.75) is 33.6 Å². The monoisotopic (exact) mass is 404 g/mol. The van der Waals surface area contributed by atoms with Crippen molar-refractivity contribution in [1.82, 2.24) is 4.90 Å². The van der Waals surface area contributed by atoms with E-state index in [0.717, 1.165) is 42.6 Å². The topological polar surface area (TPSA) is 49.9 Å². The highest BCUT2D eigenvalue weighted by Gasteiger charge is 2.43. The van der Waals surface area contributed by atoms with E-state index < -0.39 is 0 Å². The molecule has 0 bridgehead atoms. The number of amides is 2. The van der Waals surface area contributed by atoms with E-state index >= 15 is 0 Å². The minimum Gasteiger partial charge on any atom is -0.497 e. The van der Waals surface area contributed by atoms with E-state index in [9.17, 15) is 9.59 Å². The number of rotatable bonds is 4. The van der Waals surface area contributed by atoms with Crippen molar-refractivity contribution in [1.29, 1.82) is 0 Å². The molecule has 2 heterocycles. The van der Waals surface area contributed by atoms with Crippen molar-refractivity contribution in [3.8, 4) is 5.75 Å². The number of anilines is 1. The second kappa shape index (κ2) is 7.98. The molecule has 2 aliphatic heterocycles. The molecule has 4 rings (SSSR count). The maximum absolute atomic E-state index is 13.6. The summed E-state index contributed by atoms with van der Waals surface area (Å²) in [6.45, 7) is 7.85. The van der Waals surface area contributed by atoms with Gasteiger partial charge >= 0.3 is 0 Å². The number of benzene rings is 2. The number of carbonyl (C=O) groups excluding carboxylic acids is 2. The third kappa shape index (κ3) is 3.49. The van der Waals surface area contributed by atoms with Crippen molar-refractivity contribution in [3.05, 3.63) is 64.9 Å². The van der Waals surface area contributed by atoms with Crippen LogP contribution in [0.25, 0.3) is 5.57 Å². The summed E-state index contributed by atoms with van der Waals surface area (Å²) in [6.07, 6.45) is 2.04. The largest absolute Gasteiger partial charge is 0.497 e. The molecule has 0 spiro atoms. The van der Waals surface area contributed by atoms with E-state index in [0.29, 0.717) is 28.6 Å². The molecule has 2 amide bonds. The van der Waals surface area contributed by atoms with Gasteiger partial charge < -0.3 is 9.64 Å². The van der Waals surface area contributed by atoms with Gasteiger partial charge in [-0.05, 0) is 68.0 Å². The quantitative estimate of drug-likeness (QED) is 0.712. The van der Waals surface area contributed by atoms with Gasteiger partial charge in [0.1, 0.15) is 11.4 Å². The van der Waals surface area contributed by atoms with Crippen LogP contribution in [-0.2, 0) is 9.59 Å². The third-order valence-electron chi connectivity index (χ3n) is 6.14. The molecule has 2 aromatic rings. The molecule has 0 aliphatic carbocycles. The standard InChI is InChI=1S/C25H28N2O3/c1-16-11-13-26(14-12-16)23-22(21-10-5-17(2)15-18(21)3)24(28)27(25(23)29)19-6-8-20(30-4)9-7-19/h5-10,15-16H,11-14H2,1-4H3. The first-order valence-corrected chi connectivity index (χ1v) is 10.5. The minimum absolute atomic E-state index is 0.241. The summed E-state index contributed by atoms with van der Waals surface area (Å²) in [6, 6.07) is 13.1. The number of likely N-dealkylation sites (tertiary alicyclic amines) is 1. The fourth-order valence-corrected chi connectivity index (χ4v) is 4.35. The summed E-state index contributed by atoms with van der Waals surface area (Å²) in [7, 11) is 1.59. The molecule has 0 atom stereocenters. The average Bonchev–Trinajstić information content (AvgIpc) is 2.99. The van der Waals surface area contributed by atoms with Crippen molar-refractivity contribution < 1.29 is 14.3 Å². The van der Waals surface area contributed by atoms with Gasteiger partial charge in [-0.3, -0.25) is 9.59 Å². The smallest absolute Gasteiger partial charge is 0.282 e. The summed E-state index contributed by atoms with van der Waals surface area (Å²) in [5, 5.41) is 0. The van der Waals surface area contributed by atoms with E-state index in [1.165, 1.54) is 4.90 Å². The van der Waals surface area contributed by atoms with Crippen molar-refractivity contribution in [2.24, 2.45) is 5.92 Å². The van der Waals surface area contributed by atoms with E-state index in [1.54, 1.807) is 31.4 Å². The highest BCUT2D eigenvalue weighted by atomic mass is 16.5. The predicted molar refractivity (Wildman–Crippen MR) is 118 cm³/mol. The zero-order chi connectivity index (χ0) is 21.4. The first-order chi connectivity index (χ1) is 14.4. The minimum atomic E-state index is -0.259. The molecule has 0 unspecified atom stereocenters. The van der Waals surface area contributed by atoms with Gasteiger partial charge in [0.25, 0.3) is 11.8 Å². The fraction of sp³-hybridized carbons (Fsp3) is 0.360. The van der Waals surface area contributed by atoms with Gasteiger partial charge in [0.05, 0.1) is 18.4 Å². The molecule has 1 fully saturated rings. The van der Waals surface area contributed by atoms with Crippen LogP contribution in [0.4, 0.5) is 5.69 Å². The lowest BCUT2D eigenvalue weighted by molar-refractivity contribution is -0.120.